The van der Waals surface area contributed by atoms with Crippen molar-refractivity contribution in [3.8, 4) is 0 Å². The molecule has 1 aromatic rings. The third kappa shape index (κ3) is 3.21. The standard InChI is InChI=1S/C9H10OS3/c1-11-9(12-2)6-7(10)8-4-3-5-13-8/h3-6H,1-2H3. The number of rotatable bonds is 4. The van der Waals surface area contributed by atoms with Gasteiger partial charge in [-0.3, -0.25) is 4.79 Å². The molecule has 13 heavy (non-hydrogen) atoms. The van der Waals surface area contributed by atoms with Crippen molar-refractivity contribution < 1.29 is 4.79 Å². The van der Waals surface area contributed by atoms with Crippen LogP contribution < -0.4 is 0 Å². The van der Waals surface area contributed by atoms with Gasteiger partial charge in [0.15, 0.2) is 5.78 Å². The highest BCUT2D eigenvalue weighted by atomic mass is 32.2. The van der Waals surface area contributed by atoms with Gasteiger partial charge in [-0.25, -0.2) is 0 Å². The van der Waals surface area contributed by atoms with Gasteiger partial charge >= 0.3 is 0 Å². The quantitative estimate of drug-likeness (QED) is 0.582. The fourth-order valence-electron chi connectivity index (χ4n) is 0.798. The third-order valence-corrected chi connectivity index (χ3v) is 4.34. The molecule has 0 unspecified atom stereocenters. The lowest BCUT2D eigenvalue weighted by Crippen LogP contribution is -1.89. The van der Waals surface area contributed by atoms with Crippen molar-refractivity contribution in [2.75, 3.05) is 12.5 Å². The van der Waals surface area contributed by atoms with E-state index < -0.39 is 0 Å². The van der Waals surface area contributed by atoms with Crippen molar-refractivity contribution in [1.82, 2.24) is 0 Å². The first kappa shape index (κ1) is 10.9. The van der Waals surface area contributed by atoms with Crippen LogP contribution in [0.4, 0.5) is 0 Å². The molecule has 0 N–H and O–H groups in total. The van der Waals surface area contributed by atoms with Crippen molar-refractivity contribution in [1.29, 1.82) is 0 Å². The van der Waals surface area contributed by atoms with Gasteiger partial charge in [0.1, 0.15) is 0 Å². The lowest BCUT2D eigenvalue weighted by molar-refractivity contribution is 0.105. The number of hydrogen-bond donors (Lipinski definition) is 0. The minimum Gasteiger partial charge on any atom is -0.288 e. The lowest BCUT2D eigenvalue weighted by Gasteiger charge is -1.96. The zero-order chi connectivity index (χ0) is 9.68. The van der Waals surface area contributed by atoms with Gasteiger partial charge < -0.3 is 0 Å². The fraction of sp³-hybridized carbons (Fsp3) is 0.222. The Morgan fingerprint density at radius 2 is 2.15 bits per heavy atom. The molecule has 0 saturated heterocycles. The van der Waals surface area contributed by atoms with Gasteiger partial charge in [0.2, 0.25) is 0 Å². The van der Waals surface area contributed by atoms with Crippen molar-refractivity contribution in [2.24, 2.45) is 0 Å². The summed E-state index contributed by atoms with van der Waals surface area (Å²) in [7, 11) is 0. The Balaban J connectivity index is 2.75. The van der Waals surface area contributed by atoms with E-state index in [9.17, 15) is 4.79 Å². The van der Waals surface area contributed by atoms with Crippen LogP contribution in [0.1, 0.15) is 9.67 Å². The van der Waals surface area contributed by atoms with E-state index in [2.05, 4.69) is 0 Å². The van der Waals surface area contributed by atoms with Crippen LogP contribution in [0.25, 0.3) is 0 Å². The van der Waals surface area contributed by atoms with Crippen molar-refractivity contribution in [3.63, 3.8) is 0 Å². The van der Waals surface area contributed by atoms with Gasteiger partial charge in [-0.05, 0) is 24.0 Å². The van der Waals surface area contributed by atoms with Crippen LogP contribution in [-0.2, 0) is 0 Å². The Morgan fingerprint density at radius 1 is 1.46 bits per heavy atom. The summed E-state index contributed by atoms with van der Waals surface area (Å²) in [5, 5.41) is 1.92. The van der Waals surface area contributed by atoms with Gasteiger partial charge in [0.05, 0.1) is 4.88 Å². The summed E-state index contributed by atoms with van der Waals surface area (Å²) >= 11 is 4.69. The molecule has 70 valence electrons. The maximum atomic E-state index is 11.5. The molecule has 1 heterocycles. The van der Waals surface area contributed by atoms with Crippen LogP contribution in [0.2, 0.25) is 0 Å². The number of allylic oxidation sites excluding steroid dienone is 1. The van der Waals surface area contributed by atoms with E-state index >= 15 is 0 Å². The second kappa shape index (κ2) is 5.52. The molecule has 1 aromatic heterocycles. The zero-order valence-corrected chi connectivity index (χ0v) is 9.89. The van der Waals surface area contributed by atoms with Crippen LogP contribution in [0, 0.1) is 0 Å². The predicted molar refractivity (Wildman–Crippen MR) is 63.8 cm³/mol. The summed E-state index contributed by atoms with van der Waals surface area (Å²) in [6, 6.07) is 3.74. The van der Waals surface area contributed by atoms with E-state index in [4.69, 9.17) is 0 Å². The SMILES string of the molecule is CSC(=CC(=O)c1cccs1)SC. The molecule has 0 aliphatic carbocycles. The first-order valence-corrected chi connectivity index (χ1v) is 6.98. The first-order chi connectivity index (χ1) is 6.27. The summed E-state index contributed by atoms with van der Waals surface area (Å²) < 4.78 is 1.05. The van der Waals surface area contributed by atoms with Crippen LogP contribution in [0.3, 0.4) is 0 Å². The topological polar surface area (TPSA) is 17.1 Å². The maximum absolute atomic E-state index is 11.5. The van der Waals surface area contributed by atoms with E-state index in [-0.39, 0.29) is 5.78 Å². The Bertz CT molecular complexity index is 295. The minimum atomic E-state index is 0.105. The molecule has 0 amide bonds. The highest BCUT2D eigenvalue weighted by Crippen LogP contribution is 2.24. The van der Waals surface area contributed by atoms with Crippen molar-refractivity contribution in [2.45, 2.75) is 0 Å². The molecule has 0 aromatic carbocycles. The van der Waals surface area contributed by atoms with E-state index in [0.717, 1.165) is 9.11 Å². The highest BCUT2D eigenvalue weighted by Gasteiger charge is 2.04. The van der Waals surface area contributed by atoms with Crippen LogP contribution in [0.5, 0.6) is 0 Å². The number of thiophene rings is 1. The van der Waals surface area contributed by atoms with E-state index in [1.807, 2.05) is 30.0 Å². The molecule has 0 saturated carbocycles. The zero-order valence-electron chi connectivity index (χ0n) is 7.44. The molecule has 0 aliphatic rings. The number of carbonyl (C=O) groups is 1. The number of thioether (sulfide) groups is 2. The van der Waals surface area contributed by atoms with E-state index in [0.29, 0.717) is 0 Å². The van der Waals surface area contributed by atoms with Gasteiger partial charge in [-0.1, -0.05) is 6.07 Å². The summed E-state index contributed by atoms with van der Waals surface area (Å²) in [6.45, 7) is 0. The number of ketones is 1. The number of carbonyl (C=O) groups excluding carboxylic acids is 1. The predicted octanol–water partition coefficient (Wildman–Crippen LogP) is 3.50. The molecule has 0 fully saturated rings. The van der Waals surface area contributed by atoms with Crippen LogP contribution in [-0.4, -0.2) is 18.3 Å². The van der Waals surface area contributed by atoms with Crippen LogP contribution >= 0.6 is 34.9 Å². The molecular formula is C9H10OS3. The molecule has 0 spiro atoms. The van der Waals surface area contributed by atoms with Crippen LogP contribution in [0.15, 0.2) is 27.8 Å². The number of hydrogen-bond acceptors (Lipinski definition) is 4. The summed E-state index contributed by atoms with van der Waals surface area (Å²) in [5.74, 6) is 0.105. The molecule has 1 rings (SSSR count). The molecule has 0 bridgehead atoms. The molecule has 0 aliphatic heterocycles. The van der Waals surface area contributed by atoms with E-state index in [1.165, 1.54) is 11.3 Å². The smallest absolute Gasteiger partial charge is 0.197 e. The third-order valence-electron chi connectivity index (χ3n) is 1.42. The summed E-state index contributed by atoms with van der Waals surface area (Å²) in [6.07, 6.45) is 5.65. The monoisotopic (exact) mass is 230 g/mol. The second-order valence-corrected chi connectivity index (χ2v) is 5.12. The van der Waals surface area contributed by atoms with Gasteiger partial charge in [0, 0.05) is 10.3 Å². The molecule has 4 heteroatoms. The molecule has 0 radical (unpaired) electrons. The fourth-order valence-corrected chi connectivity index (χ4v) is 2.55. The maximum Gasteiger partial charge on any atom is 0.197 e. The average molecular weight is 230 g/mol. The molecular weight excluding hydrogens is 220 g/mol. The Kier molecular flexibility index (Phi) is 4.62. The Morgan fingerprint density at radius 3 is 2.62 bits per heavy atom. The second-order valence-electron chi connectivity index (χ2n) is 2.21. The normalized spacial score (nSPS) is 9.69. The molecule has 0 atom stereocenters. The summed E-state index contributed by atoms with van der Waals surface area (Å²) in [5.41, 5.74) is 0. The largest absolute Gasteiger partial charge is 0.288 e. The lowest BCUT2D eigenvalue weighted by atomic mass is 10.3. The Hall–Kier alpha value is -0.190. The minimum absolute atomic E-state index is 0.105. The Labute approximate surface area is 90.6 Å². The van der Waals surface area contributed by atoms with E-state index in [1.54, 1.807) is 29.6 Å². The van der Waals surface area contributed by atoms with Gasteiger partial charge in [0.25, 0.3) is 0 Å². The van der Waals surface area contributed by atoms with Gasteiger partial charge in [-0.15, -0.1) is 34.9 Å². The van der Waals surface area contributed by atoms with Crippen molar-refractivity contribution in [3.05, 3.63) is 32.7 Å². The first-order valence-electron chi connectivity index (χ1n) is 3.65. The summed E-state index contributed by atoms with van der Waals surface area (Å²) in [4.78, 5) is 12.3. The average Bonchev–Trinajstić information content (AvgIpc) is 2.66. The van der Waals surface area contributed by atoms with Crippen molar-refractivity contribution >= 4 is 40.6 Å². The molecule has 1 nitrogen and oxygen atoms in total. The highest BCUT2D eigenvalue weighted by molar-refractivity contribution is 8.21. The van der Waals surface area contributed by atoms with Gasteiger partial charge in [-0.2, -0.15) is 0 Å².